The van der Waals surface area contributed by atoms with Gasteiger partial charge in [0.15, 0.2) is 0 Å². The number of alkyl halides is 2. The number of carboxylic acids is 1. The molecule has 7 heteroatoms. The van der Waals surface area contributed by atoms with Crippen molar-refractivity contribution in [2.75, 3.05) is 13.1 Å². The average Bonchev–Trinajstić information content (AvgIpc) is 2.83. The highest BCUT2D eigenvalue weighted by Gasteiger charge is 2.37. The van der Waals surface area contributed by atoms with Crippen LogP contribution in [0.4, 0.5) is 8.78 Å². The zero-order valence-corrected chi connectivity index (χ0v) is 13.2. The van der Waals surface area contributed by atoms with Gasteiger partial charge in [0.2, 0.25) is 0 Å². The summed E-state index contributed by atoms with van der Waals surface area (Å²) in [7, 11) is 0. The average molecular weight is 327 g/mol. The Morgan fingerprint density at radius 1 is 1.26 bits per heavy atom. The third-order valence-electron chi connectivity index (χ3n) is 4.13. The lowest BCUT2D eigenvalue weighted by Gasteiger charge is -2.18. The number of ether oxygens (including phenoxy) is 1. The number of hydrogen-bond donors (Lipinski definition) is 1. The minimum atomic E-state index is -2.93. The monoisotopic (exact) mass is 327 g/mol. The number of aliphatic carboxylic acids is 1. The Morgan fingerprint density at radius 2 is 1.83 bits per heavy atom. The third-order valence-corrected chi connectivity index (χ3v) is 4.13. The first-order valence-corrected chi connectivity index (χ1v) is 7.28. The van der Waals surface area contributed by atoms with E-state index in [0.29, 0.717) is 23.2 Å². The van der Waals surface area contributed by atoms with E-state index in [9.17, 15) is 18.4 Å². The summed E-state index contributed by atoms with van der Waals surface area (Å²) in [5.41, 5.74) is 1.23. The van der Waals surface area contributed by atoms with Crippen LogP contribution in [0, 0.1) is 25.7 Å². The molecular formula is C16H19F2NO4. The molecule has 1 aliphatic rings. The molecule has 1 N–H and O–H groups in total. The number of hydrogen-bond acceptors (Lipinski definition) is 3. The molecule has 2 rings (SSSR count). The van der Waals surface area contributed by atoms with Gasteiger partial charge in [0.25, 0.3) is 5.91 Å². The molecule has 0 bridgehead atoms. The fourth-order valence-electron chi connectivity index (χ4n) is 2.99. The van der Waals surface area contributed by atoms with Gasteiger partial charge in [-0.15, -0.1) is 0 Å². The topological polar surface area (TPSA) is 66.8 Å². The molecular weight excluding hydrogens is 308 g/mol. The molecule has 23 heavy (non-hydrogen) atoms. The first-order chi connectivity index (χ1) is 10.7. The summed E-state index contributed by atoms with van der Waals surface area (Å²) in [6.45, 7) is 2.57. The Morgan fingerprint density at radius 3 is 2.26 bits per heavy atom. The summed E-state index contributed by atoms with van der Waals surface area (Å²) in [4.78, 5) is 25.2. The van der Waals surface area contributed by atoms with E-state index >= 15 is 0 Å². The summed E-state index contributed by atoms with van der Waals surface area (Å²) in [5, 5.41) is 9.14. The van der Waals surface area contributed by atoms with Crippen LogP contribution in [0.15, 0.2) is 12.1 Å². The molecule has 2 atom stereocenters. The van der Waals surface area contributed by atoms with Gasteiger partial charge >= 0.3 is 12.6 Å². The predicted octanol–water partition coefficient (Wildman–Crippen LogP) is 2.70. The SMILES string of the molecule is Cc1cc(C(=O)N2C[C@@H](C)[C@H](C(=O)O)C2)cc(C)c1OC(F)F. The van der Waals surface area contributed by atoms with E-state index in [1.165, 1.54) is 17.0 Å². The molecule has 1 aromatic rings. The highest BCUT2D eigenvalue weighted by Crippen LogP contribution is 2.29. The lowest BCUT2D eigenvalue weighted by atomic mass is 9.99. The Kier molecular flexibility index (Phi) is 4.87. The molecule has 0 radical (unpaired) electrons. The van der Waals surface area contributed by atoms with E-state index in [1.54, 1.807) is 20.8 Å². The maximum Gasteiger partial charge on any atom is 0.387 e. The van der Waals surface area contributed by atoms with Gasteiger partial charge in [0.05, 0.1) is 5.92 Å². The molecule has 5 nitrogen and oxygen atoms in total. The van der Waals surface area contributed by atoms with Crippen LogP contribution in [0.25, 0.3) is 0 Å². The van der Waals surface area contributed by atoms with Crippen molar-refractivity contribution < 1.29 is 28.2 Å². The maximum atomic E-state index is 12.5. The van der Waals surface area contributed by atoms with Crippen LogP contribution in [0.1, 0.15) is 28.4 Å². The number of carbonyl (C=O) groups excluding carboxylic acids is 1. The zero-order valence-electron chi connectivity index (χ0n) is 13.2. The van der Waals surface area contributed by atoms with Crippen molar-refractivity contribution in [3.63, 3.8) is 0 Å². The molecule has 1 saturated heterocycles. The van der Waals surface area contributed by atoms with Gasteiger partial charge in [-0.25, -0.2) is 0 Å². The first-order valence-electron chi connectivity index (χ1n) is 7.28. The number of likely N-dealkylation sites (tertiary alicyclic amines) is 1. The maximum absolute atomic E-state index is 12.5. The van der Waals surface area contributed by atoms with Gasteiger partial charge in [-0.05, 0) is 43.0 Å². The van der Waals surface area contributed by atoms with Gasteiger partial charge in [0.1, 0.15) is 5.75 Å². The number of rotatable bonds is 4. The van der Waals surface area contributed by atoms with Crippen molar-refractivity contribution in [3.05, 3.63) is 28.8 Å². The Hall–Kier alpha value is -2.18. The number of halogens is 2. The molecule has 1 aliphatic heterocycles. The summed E-state index contributed by atoms with van der Waals surface area (Å²) in [6, 6.07) is 2.98. The van der Waals surface area contributed by atoms with E-state index in [1.807, 2.05) is 0 Å². The molecule has 1 amide bonds. The normalized spacial score (nSPS) is 20.9. The zero-order chi connectivity index (χ0) is 17.3. The van der Waals surface area contributed by atoms with Crippen molar-refractivity contribution >= 4 is 11.9 Å². The van der Waals surface area contributed by atoms with E-state index in [4.69, 9.17) is 5.11 Å². The molecule has 0 aromatic heterocycles. The van der Waals surface area contributed by atoms with E-state index in [0.717, 1.165) is 0 Å². The highest BCUT2D eigenvalue weighted by atomic mass is 19.3. The Balaban J connectivity index is 2.22. The number of aryl methyl sites for hydroxylation is 2. The van der Waals surface area contributed by atoms with Gasteiger partial charge in [-0.3, -0.25) is 9.59 Å². The third kappa shape index (κ3) is 3.60. The first kappa shape index (κ1) is 17.2. The standard InChI is InChI=1S/C16H19F2NO4/c1-8-4-11(5-9(2)13(8)23-16(17)18)14(20)19-6-10(3)12(7-19)15(21)22/h4-5,10,12,16H,6-7H2,1-3H3,(H,21,22)/t10-,12-/m1/s1. The number of nitrogens with zero attached hydrogens (tertiary/aromatic N) is 1. The molecule has 0 spiro atoms. The highest BCUT2D eigenvalue weighted by molar-refractivity contribution is 5.95. The smallest absolute Gasteiger partial charge is 0.387 e. The molecule has 1 fully saturated rings. The Bertz CT molecular complexity index is 610. The van der Waals surface area contributed by atoms with E-state index < -0.39 is 18.5 Å². The Labute approximate surface area is 132 Å². The van der Waals surface area contributed by atoms with Crippen LogP contribution in [0.2, 0.25) is 0 Å². The second-order valence-corrected chi connectivity index (χ2v) is 5.95. The largest absolute Gasteiger partial charge is 0.481 e. The summed E-state index contributed by atoms with van der Waals surface area (Å²) >= 11 is 0. The van der Waals surface area contributed by atoms with E-state index in [-0.39, 0.29) is 24.1 Å². The van der Waals surface area contributed by atoms with Crippen LogP contribution in [-0.2, 0) is 4.79 Å². The second-order valence-electron chi connectivity index (χ2n) is 5.95. The van der Waals surface area contributed by atoms with Gasteiger partial charge in [-0.2, -0.15) is 8.78 Å². The van der Waals surface area contributed by atoms with Gasteiger partial charge in [0, 0.05) is 18.7 Å². The van der Waals surface area contributed by atoms with Crippen molar-refractivity contribution in [2.45, 2.75) is 27.4 Å². The number of carboxylic acid groups (broad SMARTS) is 1. The van der Waals surface area contributed by atoms with Crippen LogP contribution in [-0.4, -0.2) is 41.6 Å². The molecule has 1 heterocycles. The summed E-state index contributed by atoms with van der Waals surface area (Å²) in [6.07, 6.45) is 0. The molecule has 1 aromatic carbocycles. The van der Waals surface area contributed by atoms with Crippen LogP contribution >= 0.6 is 0 Å². The van der Waals surface area contributed by atoms with E-state index in [2.05, 4.69) is 4.74 Å². The second kappa shape index (κ2) is 6.52. The fourth-order valence-corrected chi connectivity index (χ4v) is 2.99. The lowest BCUT2D eigenvalue weighted by molar-refractivity contribution is -0.142. The minimum absolute atomic E-state index is 0.0646. The summed E-state index contributed by atoms with van der Waals surface area (Å²) in [5.74, 6) is -1.85. The number of carbonyl (C=O) groups is 2. The predicted molar refractivity (Wildman–Crippen MR) is 78.7 cm³/mol. The quantitative estimate of drug-likeness (QED) is 0.923. The van der Waals surface area contributed by atoms with Gasteiger partial charge < -0.3 is 14.7 Å². The van der Waals surface area contributed by atoms with Crippen molar-refractivity contribution in [3.8, 4) is 5.75 Å². The fraction of sp³-hybridized carbons (Fsp3) is 0.500. The number of benzene rings is 1. The van der Waals surface area contributed by atoms with Crippen LogP contribution < -0.4 is 4.74 Å². The minimum Gasteiger partial charge on any atom is -0.481 e. The van der Waals surface area contributed by atoms with Crippen molar-refractivity contribution in [1.29, 1.82) is 0 Å². The van der Waals surface area contributed by atoms with Crippen LogP contribution in [0.3, 0.4) is 0 Å². The van der Waals surface area contributed by atoms with Crippen LogP contribution in [0.5, 0.6) is 5.75 Å². The summed E-state index contributed by atoms with van der Waals surface area (Å²) < 4.78 is 29.3. The number of amides is 1. The van der Waals surface area contributed by atoms with Crippen molar-refractivity contribution in [1.82, 2.24) is 4.90 Å². The molecule has 126 valence electrons. The molecule has 0 aliphatic carbocycles. The molecule has 0 saturated carbocycles. The van der Waals surface area contributed by atoms with Gasteiger partial charge in [-0.1, -0.05) is 6.92 Å². The molecule has 0 unspecified atom stereocenters. The van der Waals surface area contributed by atoms with Crippen molar-refractivity contribution in [2.24, 2.45) is 11.8 Å². The lowest BCUT2D eigenvalue weighted by Crippen LogP contribution is -2.30.